The Balaban J connectivity index is 1.54. The van der Waals surface area contributed by atoms with Gasteiger partial charge in [-0.2, -0.15) is 0 Å². The van der Waals surface area contributed by atoms with Crippen molar-refractivity contribution in [3.05, 3.63) is 29.3 Å². The number of urea groups is 1. The fourth-order valence-electron chi connectivity index (χ4n) is 3.60. The molecule has 0 unspecified atom stereocenters. The summed E-state index contributed by atoms with van der Waals surface area (Å²) >= 11 is 5.89. The van der Waals surface area contributed by atoms with Crippen molar-refractivity contribution in [1.82, 2.24) is 10.6 Å². The van der Waals surface area contributed by atoms with Crippen molar-refractivity contribution in [1.29, 1.82) is 0 Å². The highest BCUT2D eigenvalue weighted by molar-refractivity contribution is 6.30. The number of amides is 3. The van der Waals surface area contributed by atoms with Gasteiger partial charge in [0.15, 0.2) is 0 Å². The molecule has 2 fully saturated rings. The zero-order valence-corrected chi connectivity index (χ0v) is 14.7. The maximum Gasteiger partial charge on any atom is 0.315 e. The third kappa shape index (κ3) is 4.01. The highest BCUT2D eigenvalue weighted by atomic mass is 35.5. The number of halogens is 1. The number of benzene rings is 1. The number of nitrogens with zero attached hydrogens (tertiary/aromatic N) is 1. The van der Waals surface area contributed by atoms with Gasteiger partial charge in [0, 0.05) is 29.7 Å². The van der Waals surface area contributed by atoms with Gasteiger partial charge in [-0.25, -0.2) is 4.79 Å². The molecule has 3 atom stereocenters. The van der Waals surface area contributed by atoms with Crippen molar-refractivity contribution in [3.8, 4) is 0 Å². The normalized spacial score (nSPS) is 27.2. The first-order valence-corrected chi connectivity index (χ1v) is 9.03. The molecule has 0 radical (unpaired) electrons. The van der Waals surface area contributed by atoms with Gasteiger partial charge in [0.1, 0.15) is 0 Å². The van der Waals surface area contributed by atoms with Crippen LogP contribution in [-0.2, 0) is 4.79 Å². The summed E-state index contributed by atoms with van der Waals surface area (Å²) in [7, 11) is 0. The summed E-state index contributed by atoms with van der Waals surface area (Å²) in [5.74, 6) is 0.536. The summed E-state index contributed by atoms with van der Waals surface area (Å²) in [6, 6.07) is 7.10. The summed E-state index contributed by atoms with van der Waals surface area (Å²) < 4.78 is 0. The van der Waals surface area contributed by atoms with E-state index in [2.05, 4.69) is 17.6 Å². The molecular formula is C18H24ClN3O2. The molecule has 1 aromatic rings. The molecule has 5 nitrogen and oxygen atoms in total. The van der Waals surface area contributed by atoms with Crippen molar-refractivity contribution >= 4 is 29.2 Å². The van der Waals surface area contributed by atoms with E-state index in [0.717, 1.165) is 18.5 Å². The van der Waals surface area contributed by atoms with E-state index < -0.39 is 0 Å². The Morgan fingerprint density at radius 3 is 2.58 bits per heavy atom. The molecule has 3 rings (SSSR count). The number of rotatable bonds is 3. The lowest BCUT2D eigenvalue weighted by Gasteiger charge is -2.30. The predicted octanol–water partition coefficient (Wildman–Crippen LogP) is 3.32. The zero-order chi connectivity index (χ0) is 17.1. The van der Waals surface area contributed by atoms with Gasteiger partial charge in [-0.3, -0.25) is 4.79 Å². The average molecular weight is 350 g/mol. The maximum atomic E-state index is 12.2. The third-order valence-corrected chi connectivity index (χ3v) is 5.28. The second-order valence-corrected chi connectivity index (χ2v) is 7.30. The molecule has 1 saturated carbocycles. The molecule has 6 heteroatoms. The van der Waals surface area contributed by atoms with E-state index in [1.54, 1.807) is 17.0 Å². The Morgan fingerprint density at radius 2 is 1.88 bits per heavy atom. The van der Waals surface area contributed by atoms with Crippen molar-refractivity contribution in [3.63, 3.8) is 0 Å². The Bertz CT molecular complexity index is 605. The minimum atomic E-state index is -0.162. The zero-order valence-electron chi connectivity index (χ0n) is 13.9. The van der Waals surface area contributed by atoms with E-state index in [-0.39, 0.29) is 24.0 Å². The van der Waals surface area contributed by atoms with Gasteiger partial charge >= 0.3 is 6.03 Å². The van der Waals surface area contributed by atoms with Crippen LogP contribution in [0.5, 0.6) is 0 Å². The van der Waals surface area contributed by atoms with E-state index in [1.807, 2.05) is 12.1 Å². The van der Waals surface area contributed by atoms with Gasteiger partial charge in [-0.05, 0) is 43.0 Å². The van der Waals surface area contributed by atoms with Crippen molar-refractivity contribution in [2.24, 2.45) is 5.92 Å². The lowest BCUT2D eigenvalue weighted by molar-refractivity contribution is -0.117. The maximum absolute atomic E-state index is 12.2. The Labute approximate surface area is 147 Å². The second kappa shape index (κ2) is 7.43. The molecule has 2 aliphatic rings. The first-order chi connectivity index (χ1) is 11.5. The van der Waals surface area contributed by atoms with E-state index in [4.69, 9.17) is 11.6 Å². The summed E-state index contributed by atoms with van der Waals surface area (Å²) in [6.07, 6.45) is 4.94. The van der Waals surface area contributed by atoms with Crippen LogP contribution in [0, 0.1) is 5.92 Å². The highest BCUT2D eigenvalue weighted by Crippen LogP contribution is 2.25. The molecule has 0 aromatic heterocycles. The topological polar surface area (TPSA) is 61.4 Å². The smallest absolute Gasteiger partial charge is 0.315 e. The van der Waals surface area contributed by atoms with E-state index in [9.17, 15) is 9.59 Å². The Kier molecular flexibility index (Phi) is 5.29. The van der Waals surface area contributed by atoms with E-state index >= 15 is 0 Å². The lowest BCUT2D eigenvalue weighted by atomic mass is 9.86. The lowest BCUT2D eigenvalue weighted by Crippen LogP contribution is -2.49. The van der Waals surface area contributed by atoms with Gasteiger partial charge in [-0.15, -0.1) is 0 Å². The molecule has 0 spiro atoms. The number of hydrogen-bond donors (Lipinski definition) is 2. The van der Waals surface area contributed by atoms with Gasteiger partial charge in [0.05, 0.1) is 6.04 Å². The summed E-state index contributed by atoms with van der Waals surface area (Å²) in [6.45, 7) is 2.68. The number of carbonyl (C=O) groups is 2. The predicted molar refractivity (Wildman–Crippen MR) is 95.3 cm³/mol. The van der Waals surface area contributed by atoms with Gasteiger partial charge in [0.25, 0.3) is 0 Å². The molecule has 3 amide bonds. The fraction of sp³-hybridized carbons (Fsp3) is 0.556. The number of hydrogen-bond acceptors (Lipinski definition) is 2. The Morgan fingerprint density at radius 1 is 1.17 bits per heavy atom. The highest BCUT2D eigenvalue weighted by Gasteiger charge is 2.32. The van der Waals surface area contributed by atoms with Crippen LogP contribution in [0.1, 0.15) is 39.0 Å². The molecule has 130 valence electrons. The average Bonchev–Trinajstić information content (AvgIpc) is 2.90. The molecule has 0 bridgehead atoms. The first-order valence-electron chi connectivity index (χ1n) is 8.66. The van der Waals surface area contributed by atoms with Crippen LogP contribution in [-0.4, -0.2) is 30.6 Å². The third-order valence-electron chi connectivity index (χ3n) is 5.03. The van der Waals surface area contributed by atoms with Crippen LogP contribution in [0.25, 0.3) is 0 Å². The van der Waals surface area contributed by atoms with Gasteiger partial charge < -0.3 is 15.5 Å². The van der Waals surface area contributed by atoms with E-state index in [1.165, 1.54) is 12.8 Å². The quantitative estimate of drug-likeness (QED) is 0.879. The SMILES string of the molecule is C[C@@H]1CCCC[C@H]1NC(=O)N[C@@H]1CC(=O)N(c2ccc(Cl)cc2)C1. The summed E-state index contributed by atoms with van der Waals surface area (Å²) in [5.41, 5.74) is 0.815. The van der Waals surface area contributed by atoms with Crippen LogP contribution in [0.4, 0.5) is 10.5 Å². The van der Waals surface area contributed by atoms with Gasteiger partial charge in [-0.1, -0.05) is 31.4 Å². The van der Waals surface area contributed by atoms with Crippen LogP contribution < -0.4 is 15.5 Å². The number of anilines is 1. The van der Waals surface area contributed by atoms with Crippen LogP contribution in [0.3, 0.4) is 0 Å². The molecule has 24 heavy (non-hydrogen) atoms. The summed E-state index contributed by atoms with van der Waals surface area (Å²) in [5, 5.41) is 6.66. The molecule has 1 heterocycles. The van der Waals surface area contributed by atoms with E-state index in [0.29, 0.717) is 23.9 Å². The molecule has 1 aromatic carbocycles. The van der Waals surface area contributed by atoms with Crippen LogP contribution in [0.2, 0.25) is 5.02 Å². The fourth-order valence-corrected chi connectivity index (χ4v) is 3.73. The minimum absolute atomic E-state index is 0.0219. The van der Waals surface area contributed by atoms with Crippen LogP contribution >= 0.6 is 11.6 Å². The molecule has 1 aliphatic heterocycles. The minimum Gasteiger partial charge on any atom is -0.335 e. The Hall–Kier alpha value is -1.75. The second-order valence-electron chi connectivity index (χ2n) is 6.87. The van der Waals surface area contributed by atoms with Crippen molar-refractivity contribution < 1.29 is 9.59 Å². The van der Waals surface area contributed by atoms with Gasteiger partial charge in [0.2, 0.25) is 5.91 Å². The summed E-state index contributed by atoms with van der Waals surface area (Å²) in [4.78, 5) is 26.2. The molecular weight excluding hydrogens is 326 g/mol. The molecule has 1 saturated heterocycles. The largest absolute Gasteiger partial charge is 0.335 e. The molecule has 1 aliphatic carbocycles. The standard InChI is InChI=1S/C18H24ClN3O2/c1-12-4-2-3-5-16(12)21-18(24)20-14-10-17(23)22(11-14)15-8-6-13(19)7-9-15/h6-9,12,14,16H,2-5,10-11H2,1H3,(H2,20,21,24)/t12-,14-,16-/m1/s1. The monoisotopic (exact) mass is 349 g/mol. The first kappa shape index (κ1) is 17.1. The van der Waals surface area contributed by atoms with Crippen molar-refractivity contribution in [2.45, 2.75) is 51.1 Å². The molecule has 2 N–H and O–H groups in total. The number of nitrogens with one attached hydrogen (secondary N) is 2. The van der Waals surface area contributed by atoms with Crippen LogP contribution in [0.15, 0.2) is 24.3 Å². The number of carbonyl (C=O) groups excluding carboxylic acids is 2. The van der Waals surface area contributed by atoms with Crippen molar-refractivity contribution in [2.75, 3.05) is 11.4 Å².